The molecule has 2 aliphatic rings. The van der Waals surface area contributed by atoms with Crippen LogP contribution in [0.5, 0.6) is 0 Å². The Morgan fingerprint density at radius 1 is 1.05 bits per heavy atom. The summed E-state index contributed by atoms with van der Waals surface area (Å²) < 4.78 is 2.36. The molecule has 0 radical (unpaired) electrons. The van der Waals surface area contributed by atoms with Gasteiger partial charge in [0.2, 0.25) is 0 Å². The van der Waals surface area contributed by atoms with Gasteiger partial charge in [-0.2, -0.15) is 0 Å². The molecule has 2 aromatic rings. The van der Waals surface area contributed by atoms with Crippen LogP contribution in [0.15, 0.2) is 33.3 Å². The molecule has 4 rings (SSSR count). The van der Waals surface area contributed by atoms with E-state index in [4.69, 9.17) is 10.7 Å². The molecular weight excluding hydrogens is 606 g/mol. The molecule has 0 bridgehead atoms. The number of carbonyl (C=O) groups is 2. The summed E-state index contributed by atoms with van der Waals surface area (Å²) in [6.45, 7) is 9.82. The van der Waals surface area contributed by atoms with E-state index in [9.17, 15) is 9.59 Å². The molecule has 2 N–H and O–H groups in total. The highest BCUT2D eigenvalue weighted by Crippen LogP contribution is 2.45. The Balaban J connectivity index is 0.000000260. The fourth-order valence-corrected chi connectivity index (χ4v) is 7.44. The Bertz CT molecular complexity index is 1110. The van der Waals surface area contributed by atoms with Crippen LogP contribution in [0.3, 0.4) is 0 Å². The van der Waals surface area contributed by atoms with Gasteiger partial charge in [-0.3, -0.25) is 4.98 Å². The topological polar surface area (TPSA) is 76.3 Å². The van der Waals surface area contributed by atoms with Crippen LogP contribution in [0.2, 0.25) is 0 Å². The van der Waals surface area contributed by atoms with Gasteiger partial charge in [-0.05, 0) is 115 Å². The molecule has 1 aromatic carbocycles. The van der Waals surface area contributed by atoms with E-state index in [1.807, 2.05) is 6.20 Å². The zero-order valence-corrected chi connectivity index (χ0v) is 26.5. The molecule has 1 aliphatic carbocycles. The molecule has 38 heavy (non-hydrogen) atoms. The number of aromatic nitrogens is 1. The number of nitrogens with zero attached hydrogens (tertiary/aromatic N) is 2. The fraction of sp³-hybridized carbons (Fsp3) is 0.581. The molecule has 5 nitrogen and oxygen atoms in total. The average Bonchev–Trinajstić information content (AvgIpc) is 3.01. The zero-order chi connectivity index (χ0) is 27.8. The minimum absolute atomic E-state index is 0.234. The molecule has 1 fully saturated rings. The van der Waals surface area contributed by atoms with Crippen LogP contribution >= 0.6 is 31.9 Å². The molecule has 0 saturated carbocycles. The van der Waals surface area contributed by atoms with E-state index in [0.29, 0.717) is 37.3 Å². The number of halogens is 2. The van der Waals surface area contributed by atoms with Crippen molar-refractivity contribution < 1.29 is 9.59 Å². The minimum Gasteiger partial charge on any atom is -0.351 e. The first kappa shape index (κ1) is 30.8. The Morgan fingerprint density at radius 2 is 1.68 bits per heavy atom. The zero-order valence-electron chi connectivity index (χ0n) is 23.4. The Kier molecular flexibility index (Phi) is 11.8. The first-order valence-corrected chi connectivity index (χ1v) is 15.7. The minimum atomic E-state index is -0.346. The molecule has 1 unspecified atom stereocenters. The highest BCUT2D eigenvalue weighted by Gasteiger charge is 2.32. The van der Waals surface area contributed by atoms with Crippen LogP contribution < -0.4 is 5.73 Å². The number of pyridine rings is 1. The van der Waals surface area contributed by atoms with Gasteiger partial charge in [-0.15, -0.1) is 0 Å². The van der Waals surface area contributed by atoms with Crippen molar-refractivity contribution in [2.75, 3.05) is 13.1 Å². The number of Topliss-reactive ketones (excluding diaryl/α,β-unsaturated/α-hetero) is 1. The number of hydrogen-bond acceptors (Lipinski definition) is 3. The lowest BCUT2D eigenvalue weighted by Crippen LogP contribution is -2.41. The van der Waals surface area contributed by atoms with E-state index in [2.05, 4.69) is 70.8 Å². The quantitative estimate of drug-likeness (QED) is 0.329. The number of fused-ring (bicyclic) bond motifs is 2. The molecule has 208 valence electrons. The van der Waals surface area contributed by atoms with Crippen molar-refractivity contribution in [1.29, 1.82) is 0 Å². The van der Waals surface area contributed by atoms with Gasteiger partial charge in [0.1, 0.15) is 5.78 Å². The van der Waals surface area contributed by atoms with Crippen LogP contribution in [0.1, 0.15) is 99.6 Å². The summed E-state index contributed by atoms with van der Waals surface area (Å²) in [6, 6.07) is 6.62. The predicted molar refractivity (Wildman–Crippen MR) is 163 cm³/mol. The maximum atomic E-state index is 10.8. The average molecular weight is 650 g/mol. The van der Waals surface area contributed by atoms with Crippen LogP contribution in [0, 0.1) is 18.8 Å². The van der Waals surface area contributed by atoms with Crippen LogP contribution in [-0.4, -0.2) is 34.8 Å². The molecule has 1 aliphatic heterocycles. The number of rotatable bonds is 7. The summed E-state index contributed by atoms with van der Waals surface area (Å²) in [7, 11) is 0. The van der Waals surface area contributed by atoms with Gasteiger partial charge in [0.15, 0.2) is 0 Å². The second-order valence-electron chi connectivity index (χ2n) is 11.0. The van der Waals surface area contributed by atoms with Crippen LogP contribution in [0.4, 0.5) is 4.79 Å². The van der Waals surface area contributed by atoms with E-state index in [1.165, 1.54) is 58.1 Å². The van der Waals surface area contributed by atoms with Crippen molar-refractivity contribution in [3.8, 4) is 0 Å². The number of ketones is 1. The number of primary amides is 1. The summed E-state index contributed by atoms with van der Waals surface area (Å²) in [6.07, 6.45) is 11.6. The van der Waals surface area contributed by atoms with Gasteiger partial charge in [0, 0.05) is 40.6 Å². The second-order valence-corrected chi connectivity index (χ2v) is 12.8. The van der Waals surface area contributed by atoms with Gasteiger partial charge in [-0.25, -0.2) is 4.79 Å². The largest absolute Gasteiger partial charge is 0.351 e. The smallest absolute Gasteiger partial charge is 0.314 e. The molecular formula is C31H43Br2N3O2. The van der Waals surface area contributed by atoms with E-state index < -0.39 is 0 Å². The first-order valence-electron chi connectivity index (χ1n) is 14.1. The monoisotopic (exact) mass is 647 g/mol. The number of benzene rings is 1. The van der Waals surface area contributed by atoms with E-state index in [0.717, 1.165) is 30.2 Å². The Morgan fingerprint density at radius 3 is 2.26 bits per heavy atom. The number of nitrogens with two attached hydrogens (primary N) is 1. The molecule has 1 atom stereocenters. The molecule has 1 saturated heterocycles. The number of aryl methyl sites for hydroxylation is 3. The third-order valence-corrected chi connectivity index (χ3v) is 8.98. The highest BCUT2D eigenvalue weighted by atomic mass is 79.9. The van der Waals surface area contributed by atoms with Gasteiger partial charge in [-0.1, -0.05) is 48.7 Å². The number of likely N-dealkylation sites (tertiary alicyclic amines) is 1. The van der Waals surface area contributed by atoms with Crippen molar-refractivity contribution in [1.82, 2.24) is 9.88 Å². The lowest BCUT2D eigenvalue weighted by Gasteiger charge is -2.30. The summed E-state index contributed by atoms with van der Waals surface area (Å²) in [4.78, 5) is 28.2. The number of urea groups is 1. The lowest BCUT2D eigenvalue weighted by atomic mass is 9.77. The molecule has 2 amide bonds. The van der Waals surface area contributed by atoms with E-state index >= 15 is 0 Å². The third-order valence-electron chi connectivity index (χ3n) is 7.89. The van der Waals surface area contributed by atoms with E-state index in [1.54, 1.807) is 11.8 Å². The highest BCUT2D eigenvalue weighted by molar-refractivity contribution is 9.10. The predicted octanol–water partition coefficient (Wildman–Crippen LogP) is 8.12. The number of piperidine rings is 1. The Labute approximate surface area is 245 Å². The first-order chi connectivity index (χ1) is 18.1. The van der Waals surface area contributed by atoms with Crippen molar-refractivity contribution in [3.63, 3.8) is 0 Å². The standard InChI is InChI=1S/C22H27Br2N.C9H16N2O2/c1-4-6-15(7-5-2)21-20-16(10-14(3)11-19(20)24)8-9-17-12-18(23)13-25-22(17)21;1-7(12)6-8-2-4-11(5-3-8)9(10)13/h10-13,15,21H,4-9H2,1-3H3;8H,2-6H2,1H3,(H2,10,13). The van der Waals surface area contributed by atoms with Crippen molar-refractivity contribution in [2.45, 2.75) is 91.4 Å². The fourth-order valence-electron chi connectivity index (χ4n) is 6.20. The molecule has 7 heteroatoms. The normalized spacial score (nSPS) is 17.2. The summed E-state index contributed by atoms with van der Waals surface area (Å²) in [5.74, 6) is 1.74. The number of hydrogen-bond donors (Lipinski definition) is 1. The molecule has 1 aromatic heterocycles. The maximum Gasteiger partial charge on any atom is 0.314 e. The van der Waals surface area contributed by atoms with E-state index in [-0.39, 0.29) is 11.8 Å². The van der Waals surface area contributed by atoms with Gasteiger partial charge in [0.25, 0.3) is 0 Å². The van der Waals surface area contributed by atoms with Crippen LogP contribution in [-0.2, 0) is 17.6 Å². The van der Waals surface area contributed by atoms with Gasteiger partial charge in [0.05, 0.1) is 5.69 Å². The lowest BCUT2D eigenvalue weighted by molar-refractivity contribution is -0.118. The summed E-state index contributed by atoms with van der Waals surface area (Å²) in [5, 5.41) is 0. The van der Waals surface area contributed by atoms with Crippen molar-refractivity contribution in [2.24, 2.45) is 17.6 Å². The summed E-state index contributed by atoms with van der Waals surface area (Å²) >= 11 is 7.53. The SMILES string of the molecule is CC(=O)CC1CCN(C(N)=O)CC1.CCCC(CCC)C1c2ncc(Br)cc2CCc2cc(C)cc(Br)c21. The van der Waals surface area contributed by atoms with Crippen molar-refractivity contribution in [3.05, 3.63) is 61.3 Å². The third kappa shape index (κ3) is 8.14. The van der Waals surface area contributed by atoms with Crippen molar-refractivity contribution >= 4 is 43.7 Å². The van der Waals surface area contributed by atoms with Gasteiger partial charge < -0.3 is 15.4 Å². The van der Waals surface area contributed by atoms with Crippen LogP contribution in [0.25, 0.3) is 0 Å². The Hall–Kier alpha value is -1.73. The maximum absolute atomic E-state index is 10.8. The summed E-state index contributed by atoms with van der Waals surface area (Å²) in [5.41, 5.74) is 12.2. The number of carbonyl (C=O) groups excluding carboxylic acids is 2. The second kappa shape index (κ2) is 14.6. The molecule has 0 spiro atoms. The number of amides is 2. The van der Waals surface area contributed by atoms with Gasteiger partial charge >= 0.3 is 6.03 Å². The molecule has 2 heterocycles.